The van der Waals surface area contributed by atoms with Gasteiger partial charge in [-0.1, -0.05) is 121 Å². The Balaban J connectivity index is 0.000000395. The number of nitrogens with one attached hydrogen (secondary N) is 6. The molecule has 8 aromatic rings. The predicted molar refractivity (Wildman–Crippen MR) is 266 cm³/mol. The fraction of sp³-hybridized carbons (Fsp3) is 0.259. The van der Waals surface area contributed by atoms with Crippen LogP contribution >= 0.6 is 0 Å². The van der Waals surface area contributed by atoms with Gasteiger partial charge in [-0.15, -0.1) is 0 Å². The summed E-state index contributed by atoms with van der Waals surface area (Å²) in [5, 5.41) is 81.5. The molecule has 0 amide bonds. The number of aromatic carboxylic acids is 4. The maximum Gasteiger partial charge on any atom is 2.00 e. The van der Waals surface area contributed by atoms with Crippen molar-refractivity contribution in [3.63, 3.8) is 0 Å². The minimum Gasteiger partial charge on any atom is -0.545 e. The van der Waals surface area contributed by atoms with Gasteiger partial charge in [0.2, 0.25) is 0 Å². The van der Waals surface area contributed by atoms with Crippen LogP contribution in [0.5, 0.6) is 0 Å². The van der Waals surface area contributed by atoms with Crippen LogP contribution in [0.3, 0.4) is 0 Å². The van der Waals surface area contributed by atoms with Crippen molar-refractivity contribution >= 4 is 67.8 Å². The molecule has 2 aromatic heterocycles. The van der Waals surface area contributed by atoms with Crippen LogP contribution in [-0.4, -0.2) is 101 Å². The van der Waals surface area contributed by atoms with E-state index in [1.165, 1.54) is 68.1 Å². The summed E-state index contributed by atoms with van der Waals surface area (Å²) in [7, 11) is 2.00. The molecular formula is C54H58Cu2N6O12. The molecule has 9 rings (SSSR count). The van der Waals surface area contributed by atoms with E-state index in [4.69, 9.17) is 19.0 Å². The van der Waals surface area contributed by atoms with E-state index in [1.54, 1.807) is 0 Å². The average molecular weight is 1110 g/mol. The summed E-state index contributed by atoms with van der Waals surface area (Å²) in [5.74, 6) is -6.07. The number of rotatable bonds is 4. The van der Waals surface area contributed by atoms with Crippen molar-refractivity contribution in [3.05, 3.63) is 166 Å². The van der Waals surface area contributed by atoms with E-state index in [-0.39, 0.29) is 56.4 Å². The first-order valence-corrected chi connectivity index (χ1v) is 23.1. The number of hydrogen-bond donors (Lipinski definition) is 8. The molecule has 1 aliphatic rings. The topological polar surface area (TPSA) is 299 Å². The SMILES string of the molecule is CO.CO.O=C([O-])c1ccccc1C(=O)[O-].O=C([O-])c1ccccc1C(=O)[O-].[Cu+2].[Cu+2].c1cc2c3oc4c(cccc4c3c1)CNCCNCCNCc1cccc3c1oc1c(cccc13)CNCCNCCNC2. The van der Waals surface area contributed by atoms with Gasteiger partial charge in [0.05, 0.1) is 23.9 Å². The first kappa shape index (κ1) is 61.8. The Hall–Kier alpha value is -6.48. The van der Waals surface area contributed by atoms with Crippen LogP contribution in [0.1, 0.15) is 63.7 Å². The molecule has 398 valence electrons. The minimum atomic E-state index is -1.52. The summed E-state index contributed by atoms with van der Waals surface area (Å²) in [5.41, 5.74) is 7.25. The summed E-state index contributed by atoms with van der Waals surface area (Å²) in [6.45, 7) is 10.2. The molecule has 0 unspecified atom stereocenters. The van der Waals surface area contributed by atoms with Gasteiger partial charge in [0.25, 0.3) is 0 Å². The summed E-state index contributed by atoms with van der Waals surface area (Å²) >= 11 is 0. The molecule has 8 N–H and O–H groups in total. The molecule has 1 aliphatic heterocycles. The minimum absolute atomic E-state index is 0. The molecule has 0 atom stereocenters. The van der Waals surface area contributed by atoms with Gasteiger partial charge in [-0.3, -0.25) is 0 Å². The van der Waals surface area contributed by atoms with Crippen LogP contribution in [0, 0.1) is 0 Å². The molecule has 20 heteroatoms. The number of furan rings is 2. The molecule has 0 saturated carbocycles. The van der Waals surface area contributed by atoms with E-state index < -0.39 is 23.9 Å². The van der Waals surface area contributed by atoms with E-state index in [9.17, 15) is 39.6 Å². The van der Waals surface area contributed by atoms with Gasteiger partial charge in [-0.25, -0.2) is 0 Å². The number of benzene rings is 6. The number of fused-ring (bicyclic) bond motifs is 2. The zero-order chi connectivity index (χ0) is 51.8. The second-order valence-corrected chi connectivity index (χ2v) is 15.8. The number of carbonyl (C=O) groups is 4. The molecule has 2 radical (unpaired) electrons. The number of hydrogen-bond acceptors (Lipinski definition) is 18. The van der Waals surface area contributed by atoms with Gasteiger partial charge in [0.15, 0.2) is 0 Å². The Morgan fingerprint density at radius 3 is 0.743 bits per heavy atom. The maximum atomic E-state index is 10.3. The fourth-order valence-corrected chi connectivity index (χ4v) is 7.96. The molecule has 18 nitrogen and oxygen atoms in total. The third-order valence-corrected chi connectivity index (χ3v) is 11.3. The van der Waals surface area contributed by atoms with Crippen LogP contribution in [0.4, 0.5) is 0 Å². The standard InChI is InChI=1S/C36H42N6O2.2C8H6O4.2CH4O.2Cu/c1-5-25-21-39-17-13-37-14-19-41-23-27-7-3-11-31-32-12-4-8-28(36(32)44-35(27)31)24-42-20-16-38-15-18-40-22-26-6-2-10-30-29(9-1)33(25)43-34(26)30;2*9-7(10)5-3-1-2-4-6(5)8(11)12;2*1-2;;/h1-12,37-42H,13-24H2;2*1-4H,(H,9,10)(H,11,12);2*2H,1H3;;/q;;;;;2*+2/p-4. The van der Waals surface area contributed by atoms with Crippen molar-refractivity contribution in [1.29, 1.82) is 0 Å². The predicted octanol–water partition coefficient (Wildman–Crippen LogP) is 0.776. The van der Waals surface area contributed by atoms with Crippen molar-refractivity contribution in [1.82, 2.24) is 31.9 Å². The van der Waals surface area contributed by atoms with Gasteiger partial charge in [0.1, 0.15) is 22.3 Å². The number of carbonyl (C=O) groups excluding carboxylic acids is 4. The number of aliphatic hydroxyl groups is 2. The van der Waals surface area contributed by atoms with E-state index >= 15 is 0 Å². The van der Waals surface area contributed by atoms with Crippen molar-refractivity contribution in [3.8, 4) is 0 Å². The molecule has 3 heterocycles. The van der Waals surface area contributed by atoms with Gasteiger partial charge < -0.3 is 90.6 Å². The Labute approximate surface area is 448 Å². The van der Waals surface area contributed by atoms with Gasteiger partial charge in [0, 0.05) is 159 Å². The van der Waals surface area contributed by atoms with Crippen LogP contribution in [-0.2, 0) is 60.3 Å². The summed E-state index contributed by atoms with van der Waals surface area (Å²) < 4.78 is 13.0. The van der Waals surface area contributed by atoms with Crippen molar-refractivity contribution < 1.29 is 92.8 Å². The third kappa shape index (κ3) is 16.8. The fourth-order valence-electron chi connectivity index (χ4n) is 7.96. The number of carboxylic acids is 4. The molecule has 6 aromatic carbocycles. The van der Waals surface area contributed by atoms with Crippen LogP contribution in [0.2, 0.25) is 0 Å². The molecular weight excluding hydrogens is 1050 g/mol. The largest absolute Gasteiger partial charge is 2.00 e. The number of carboxylic acid groups (broad SMARTS) is 4. The maximum absolute atomic E-state index is 10.3. The van der Waals surface area contributed by atoms with E-state index in [0.717, 1.165) is 139 Å². The van der Waals surface area contributed by atoms with E-state index in [1.807, 2.05) is 0 Å². The molecule has 0 spiro atoms. The molecule has 0 aliphatic carbocycles. The molecule has 74 heavy (non-hydrogen) atoms. The normalized spacial score (nSPS) is 13.5. The zero-order valence-electron chi connectivity index (χ0n) is 40.6. The Bertz CT molecular complexity index is 2660. The Morgan fingerprint density at radius 2 is 0.541 bits per heavy atom. The van der Waals surface area contributed by atoms with Crippen molar-refractivity contribution in [2.24, 2.45) is 0 Å². The van der Waals surface area contributed by atoms with Gasteiger partial charge >= 0.3 is 34.1 Å². The number of para-hydroxylation sites is 4. The van der Waals surface area contributed by atoms with Gasteiger partial charge in [-0.2, -0.15) is 0 Å². The van der Waals surface area contributed by atoms with Gasteiger partial charge in [-0.05, 0) is 0 Å². The first-order valence-electron chi connectivity index (χ1n) is 23.1. The summed E-state index contributed by atoms with van der Waals surface area (Å²) in [4.78, 5) is 41.3. The van der Waals surface area contributed by atoms with E-state index in [0.29, 0.717) is 0 Å². The average Bonchev–Trinajstić information content (AvgIpc) is 3.99. The molecule has 0 fully saturated rings. The second kappa shape index (κ2) is 32.6. The van der Waals surface area contributed by atoms with Crippen LogP contribution in [0.15, 0.2) is 130 Å². The summed E-state index contributed by atoms with van der Waals surface area (Å²) in [6, 6.07) is 36.1. The molecule has 4 bridgehead atoms. The van der Waals surface area contributed by atoms with Crippen molar-refractivity contribution in [2.45, 2.75) is 26.2 Å². The van der Waals surface area contributed by atoms with Crippen LogP contribution in [0.25, 0.3) is 43.9 Å². The quantitative estimate of drug-likeness (QED) is 0.113. The Kier molecular flexibility index (Phi) is 27.3. The van der Waals surface area contributed by atoms with E-state index in [2.05, 4.69) is 105 Å². The third-order valence-electron chi connectivity index (χ3n) is 11.3. The van der Waals surface area contributed by atoms with Crippen molar-refractivity contribution in [2.75, 3.05) is 66.6 Å². The monoisotopic (exact) mass is 1110 g/mol. The smallest absolute Gasteiger partial charge is 0.545 e. The Morgan fingerprint density at radius 1 is 0.338 bits per heavy atom. The summed E-state index contributed by atoms with van der Waals surface area (Å²) in [6.07, 6.45) is 0. The van der Waals surface area contributed by atoms with Crippen LogP contribution < -0.4 is 52.3 Å². The number of aliphatic hydroxyl groups excluding tert-OH is 2. The second-order valence-electron chi connectivity index (χ2n) is 15.8. The zero-order valence-corrected chi connectivity index (χ0v) is 42.5. The molecule has 0 saturated heterocycles. The first-order chi connectivity index (χ1) is 35.1.